The molecule has 1 atom stereocenters. The third-order valence-electron chi connectivity index (χ3n) is 5.46. The molecule has 6 nitrogen and oxygen atoms in total. The summed E-state index contributed by atoms with van der Waals surface area (Å²) >= 11 is 0. The van der Waals surface area contributed by atoms with Crippen molar-refractivity contribution in [1.29, 1.82) is 0 Å². The van der Waals surface area contributed by atoms with Crippen LogP contribution in [-0.2, 0) is 4.74 Å². The highest BCUT2D eigenvalue weighted by molar-refractivity contribution is 5.94. The van der Waals surface area contributed by atoms with Gasteiger partial charge < -0.3 is 15.0 Å². The number of amides is 1. The molecule has 4 rings (SSSR count). The molecule has 1 unspecified atom stereocenters. The van der Waals surface area contributed by atoms with Gasteiger partial charge in [-0.25, -0.2) is 4.98 Å². The zero-order valence-electron chi connectivity index (χ0n) is 17.8. The Hall–Kier alpha value is -3.25. The lowest BCUT2D eigenvalue weighted by Gasteiger charge is -2.26. The highest BCUT2D eigenvalue weighted by Crippen LogP contribution is 2.25. The zero-order chi connectivity index (χ0) is 21.5. The second-order valence-electron chi connectivity index (χ2n) is 7.67. The van der Waals surface area contributed by atoms with Crippen LogP contribution in [0.15, 0.2) is 67.0 Å². The Balaban J connectivity index is 1.49. The van der Waals surface area contributed by atoms with E-state index in [9.17, 15) is 4.79 Å². The maximum absolute atomic E-state index is 12.7. The van der Waals surface area contributed by atoms with Crippen LogP contribution in [0.5, 0.6) is 0 Å². The van der Waals surface area contributed by atoms with Crippen LogP contribution >= 0.6 is 0 Å². The van der Waals surface area contributed by atoms with Gasteiger partial charge in [0.25, 0.3) is 5.91 Å². The Kier molecular flexibility index (Phi) is 6.89. The van der Waals surface area contributed by atoms with Crippen molar-refractivity contribution in [3.8, 4) is 11.3 Å². The predicted molar refractivity (Wildman–Crippen MR) is 122 cm³/mol. The molecule has 1 aromatic heterocycles. The number of carbonyl (C=O) groups excluding carboxylic acids is 1. The van der Waals surface area contributed by atoms with Crippen molar-refractivity contribution >= 4 is 11.7 Å². The van der Waals surface area contributed by atoms with Crippen molar-refractivity contribution in [2.24, 2.45) is 0 Å². The Morgan fingerprint density at radius 3 is 2.52 bits per heavy atom. The molecule has 1 N–H and O–H groups in total. The molecule has 160 valence electrons. The van der Waals surface area contributed by atoms with Crippen molar-refractivity contribution in [3.05, 3.63) is 78.1 Å². The Labute approximate surface area is 183 Å². The number of nitrogens with zero attached hydrogens (tertiary/aromatic N) is 3. The van der Waals surface area contributed by atoms with Gasteiger partial charge in [0.15, 0.2) is 0 Å². The summed E-state index contributed by atoms with van der Waals surface area (Å²) < 4.78 is 5.33. The second-order valence-corrected chi connectivity index (χ2v) is 7.67. The van der Waals surface area contributed by atoms with Gasteiger partial charge in [-0.1, -0.05) is 55.8 Å². The molecule has 1 saturated heterocycles. The molecule has 0 spiro atoms. The van der Waals surface area contributed by atoms with Crippen LogP contribution in [0.25, 0.3) is 11.3 Å². The summed E-state index contributed by atoms with van der Waals surface area (Å²) in [4.78, 5) is 23.6. The summed E-state index contributed by atoms with van der Waals surface area (Å²) in [5.74, 6) is 0.787. The average Bonchev–Trinajstić information content (AvgIpc) is 2.85. The molecule has 3 aromatic rings. The number of morpholine rings is 1. The summed E-state index contributed by atoms with van der Waals surface area (Å²) in [6, 6.07) is 18.2. The number of anilines is 1. The lowest BCUT2D eigenvalue weighted by molar-refractivity contribution is 0.0303. The molecule has 1 aliphatic rings. The van der Waals surface area contributed by atoms with Gasteiger partial charge in [0.1, 0.15) is 5.82 Å². The van der Waals surface area contributed by atoms with E-state index in [0.29, 0.717) is 31.9 Å². The number of nitrogens with one attached hydrogen (secondary N) is 1. The van der Waals surface area contributed by atoms with E-state index >= 15 is 0 Å². The van der Waals surface area contributed by atoms with Crippen LogP contribution in [0, 0.1) is 0 Å². The first-order valence-electron chi connectivity index (χ1n) is 10.9. The number of carbonyl (C=O) groups is 1. The lowest BCUT2D eigenvalue weighted by Crippen LogP contribution is -2.40. The lowest BCUT2D eigenvalue weighted by atomic mass is 10.0. The van der Waals surface area contributed by atoms with Gasteiger partial charge >= 0.3 is 0 Å². The normalized spacial score (nSPS) is 14.8. The van der Waals surface area contributed by atoms with Gasteiger partial charge in [-0.2, -0.15) is 0 Å². The van der Waals surface area contributed by atoms with Gasteiger partial charge in [0.05, 0.1) is 37.3 Å². The number of ether oxygens (including phenoxy) is 1. The van der Waals surface area contributed by atoms with Crippen molar-refractivity contribution < 1.29 is 9.53 Å². The summed E-state index contributed by atoms with van der Waals surface area (Å²) in [7, 11) is 0. The number of rotatable bonds is 7. The average molecular weight is 417 g/mol. The maximum atomic E-state index is 12.7. The minimum atomic E-state index is 0.0432. The maximum Gasteiger partial charge on any atom is 0.254 e. The van der Waals surface area contributed by atoms with E-state index in [1.165, 1.54) is 5.56 Å². The molecule has 0 saturated carbocycles. The highest BCUT2D eigenvalue weighted by atomic mass is 16.5. The van der Waals surface area contributed by atoms with E-state index in [0.717, 1.165) is 29.9 Å². The minimum absolute atomic E-state index is 0.0432. The van der Waals surface area contributed by atoms with Gasteiger partial charge in [-0.15, -0.1) is 0 Å². The van der Waals surface area contributed by atoms with Crippen LogP contribution in [0.3, 0.4) is 0 Å². The highest BCUT2D eigenvalue weighted by Gasteiger charge is 2.18. The fourth-order valence-electron chi connectivity index (χ4n) is 3.78. The van der Waals surface area contributed by atoms with Crippen molar-refractivity contribution in [2.45, 2.75) is 25.8 Å². The first-order valence-corrected chi connectivity index (χ1v) is 10.9. The molecule has 0 bridgehead atoms. The van der Waals surface area contributed by atoms with E-state index in [4.69, 9.17) is 9.72 Å². The van der Waals surface area contributed by atoms with Crippen LogP contribution < -0.4 is 5.32 Å². The summed E-state index contributed by atoms with van der Waals surface area (Å²) in [6.45, 7) is 4.65. The Bertz CT molecular complexity index is 986. The van der Waals surface area contributed by atoms with E-state index in [1.807, 2.05) is 35.2 Å². The SMILES string of the molecule is CCCC(Nc1cncc(-c2ccc(C(=O)N3CCOCC3)cc2)n1)c1ccccc1. The van der Waals surface area contributed by atoms with Gasteiger partial charge in [-0.05, 0) is 24.1 Å². The quantitative estimate of drug-likeness (QED) is 0.611. The monoisotopic (exact) mass is 416 g/mol. The molecular weight excluding hydrogens is 388 g/mol. The standard InChI is InChI=1S/C25H28N4O2/c1-2-6-22(19-7-4-3-5-8-19)27-24-18-26-17-23(28-24)20-9-11-21(12-10-20)25(30)29-13-15-31-16-14-29/h3-5,7-12,17-18,22H,2,6,13-16H2,1H3,(H,27,28). The minimum Gasteiger partial charge on any atom is -0.378 e. The van der Waals surface area contributed by atoms with Crippen molar-refractivity contribution in [1.82, 2.24) is 14.9 Å². The molecular formula is C25H28N4O2. The largest absolute Gasteiger partial charge is 0.378 e. The molecule has 1 fully saturated rings. The first-order chi connectivity index (χ1) is 15.2. The van der Waals surface area contributed by atoms with E-state index in [2.05, 4.69) is 41.5 Å². The molecule has 2 aromatic carbocycles. The number of hydrogen-bond acceptors (Lipinski definition) is 5. The van der Waals surface area contributed by atoms with Crippen LogP contribution in [0.4, 0.5) is 5.82 Å². The molecule has 31 heavy (non-hydrogen) atoms. The van der Waals surface area contributed by atoms with E-state index in [1.54, 1.807) is 12.4 Å². The van der Waals surface area contributed by atoms with Gasteiger partial charge in [0.2, 0.25) is 0 Å². The molecule has 2 heterocycles. The Morgan fingerprint density at radius 2 is 1.81 bits per heavy atom. The zero-order valence-corrected chi connectivity index (χ0v) is 17.8. The molecule has 1 amide bonds. The second kappa shape index (κ2) is 10.2. The van der Waals surface area contributed by atoms with Crippen LogP contribution in [0.1, 0.15) is 41.7 Å². The van der Waals surface area contributed by atoms with Gasteiger partial charge in [-0.3, -0.25) is 9.78 Å². The fourth-order valence-corrected chi connectivity index (χ4v) is 3.78. The number of aromatic nitrogens is 2. The summed E-state index contributed by atoms with van der Waals surface area (Å²) in [5, 5.41) is 3.53. The third-order valence-corrected chi connectivity index (χ3v) is 5.46. The smallest absolute Gasteiger partial charge is 0.254 e. The molecule has 0 aliphatic carbocycles. The number of hydrogen-bond donors (Lipinski definition) is 1. The van der Waals surface area contributed by atoms with Gasteiger partial charge in [0, 0.05) is 24.2 Å². The number of benzene rings is 2. The van der Waals surface area contributed by atoms with Crippen molar-refractivity contribution in [3.63, 3.8) is 0 Å². The molecule has 1 aliphatic heterocycles. The first kappa shape index (κ1) is 21.0. The molecule has 6 heteroatoms. The van der Waals surface area contributed by atoms with Crippen LogP contribution in [-0.4, -0.2) is 47.1 Å². The fraction of sp³-hybridized carbons (Fsp3) is 0.320. The van der Waals surface area contributed by atoms with Crippen molar-refractivity contribution in [2.75, 3.05) is 31.6 Å². The Morgan fingerprint density at radius 1 is 1.06 bits per heavy atom. The topological polar surface area (TPSA) is 67.4 Å². The summed E-state index contributed by atoms with van der Waals surface area (Å²) in [5.41, 5.74) is 3.63. The molecule has 0 radical (unpaired) electrons. The summed E-state index contributed by atoms with van der Waals surface area (Å²) in [6.07, 6.45) is 5.58. The van der Waals surface area contributed by atoms with E-state index < -0.39 is 0 Å². The third kappa shape index (κ3) is 5.27. The van der Waals surface area contributed by atoms with Crippen LogP contribution in [0.2, 0.25) is 0 Å². The predicted octanol–water partition coefficient (Wildman–Crippen LogP) is 4.57. The van der Waals surface area contributed by atoms with E-state index in [-0.39, 0.29) is 11.9 Å².